The summed E-state index contributed by atoms with van der Waals surface area (Å²) in [5.41, 5.74) is 2.09. The maximum absolute atomic E-state index is 5.77. The number of nitrogens with one attached hydrogen (secondary N) is 1. The van der Waals surface area contributed by atoms with E-state index in [1.165, 1.54) is 0 Å². The quantitative estimate of drug-likeness (QED) is 0.901. The molecule has 96 valence electrons. The fourth-order valence-corrected chi connectivity index (χ4v) is 1.75. The topological polar surface area (TPSA) is 47.3 Å². The molecule has 1 unspecified atom stereocenters. The summed E-state index contributed by atoms with van der Waals surface area (Å²) in [5.74, 6) is 2.20. The summed E-state index contributed by atoms with van der Waals surface area (Å²) in [6.45, 7) is 4.04. The molecule has 1 aromatic heterocycles. The summed E-state index contributed by atoms with van der Waals surface area (Å²) in [7, 11) is 3.53. The number of hydrogen-bond donors (Lipinski definition) is 1. The third-order valence-electron chi connectivity index (χ3n) is 2.95. The predicted molar refractivity (Wildman–Crippen MR) is 70.7 cm³/mol. The molecule has 0 aliphatic carbocycles. The summed E-state index contributed by atoms with van der Waals surface area (Å²) in [5, 5.41) is 3.10. The van der Waals surface area contributed by atoms with Crippen LogP contribution in [0.3, 0.4) is 0 Å². The molecule has 4 heteroatoms. The number of oxazole rings is 1. The third kappa shape index (κ3) is 2.38. The minimum atomic E-state index is 0.0922. The largest absolute Gasteiger partial charge is 0.496 e. The van der Waals surface area contributed by atoms with Gasteiger partial charge in [-0.1, -0.05) is 11.6 Å². The summed E-state index contributed by atoms with van der Waals surface area (Å²) >= 11 is 0. The van der Waals surface area contributed by atoms with Crippen molar-refractivity contribution in [3.05, 3.63) is 35.9 Å². The van der Waals surface area contributed by atoms with E-state index in [2.05, 4.69) is 10.3 Å². The van der Waals surface area contributed by atoms with Crippen LogP contribution in [0.15, 0.2) is 28.8 Å². The van der Waals surface area contributed by atoms with E-state index in [-0.39, 0.29) is 6.04 Å². The highest BCUT2D eigenvalue weighted by Gasteiger charge is 2.14. The Morgan fingerprint density at radius 1 is 1.39 bits per heavy atom. The molecule has 0 bridgehead atoms. The molecule has 0 amide bonds. The summed E-state index contributed by atoms with van der Waals surface area (Å²) in [4.78, 5) is 4.28. The predicted octanol–water partition coefficient (Wildman–Crippen LogP) is 2.94. The highest BCUT2D eigenvalue weighted by Crippen LogP contribution is 2.32. The maximum atomic E-state index is 5.77. The Labute approximate surface area is 107 Å². The Morgan fingerprint density at radius 3 is 2.83 bits per heavy atom. The lowest BCUT2D eigenvalue weighted by atomic mass is 10.1. The molecule has 0 saturated heterocycles. The summed E-state index contributed by atoms with van der Waals surface area (Å²) in [6.07, 6.45) is 1.74. The molecular weight excluding hydrogens is 228 g/mol. The molecule has 1 aromatic carbocycles. The van der Waals surface area contributed by atoms with Gasteiger partial charge < -0.3 is 14.5 Å². The second kappa shape index (κ2) is 5.23. The Hall–Kier alpha value is -1.81. The molecule has 1 atom stereocenters. The van der Waals surface area contributed by atoms with Crippen LogP contribution in [0, 0.1) is 6.92 Å². The maximum Gasteiger partial charge on any atom is 0.211 e. The van der Waals surface area contributed by atoms with Crippen LogP contribution in [-0.2, 0) is 0 Å². The van der Waals surface area contributed by atoms with Gasteiger partial charge in [-0.3, -0.25) is 0 Å². The van der Waals surface area contributed by atoms with Crippen molar-refractivity contribution < 1.29 is 9.15 Å². The number of rotatable bonds is 4. The number of aromatic nitrogens is 1. The van der Waals surface area contributed by atoms with Gasteiger partial charge >= 0.3 is 0 Å². The van der Waals surface area contributed by atoms with Crippen LogP contribution in [0.5, 0.6) is 5.75 Å². The van der Waals surface area contributed by atoms with Gasteiger partial charge in [0.2, 0.25) is 5.89 Å². The van der Waals surface area contributed by atoms with Crippen molar-refractivity contribution >= 4 is 0 Å². The average molecular weight is 246 g/mol. The molecule has 0 aliphatic heterocycles. The molecule has 1 heterocycles. The van der Waals surface area contributed by atoms with Crippen LogP contribution < -0.4 is 10.1 Å². The van der Waals surface area contributed by atoms with Gasteiger partial charge in [-0.15, -0.1) is 0 Å². The van der Waals surface area contributed by atoms with Gasteiger partial charge in [0.15, 0.2) is 5.76 Å². The molecule has 2 rings (SSSR count). The van der Waals surface area contributed by atoms with E-state index >= 15 is 0 Å². The van der Waals surface area contributed by atoms with Crippen LogP contribution >= 0.6 is 0 Å². The number of benzene rings is 1. The van der Waals surface area contributed by atoms with Gasteiger partial charge in [-0.2, -0.15) is 0 Å². The smallest absolute Gasteiger partial charge is 0.211 e. The number of hydrogen-bond acceptors (Lipinski definition) is 4. The third-order valence-corrected chi connectivity index (χ3v) is 2.95. The van der Waals surface area contributed by atoms with Crippen molar-refractivity contribution in [2.24, 2.45) is 0 Å². The standard InChI is InChI=1S/C14H18N2O2/c1-9-5-6-12(17-4)11(7-9)13-8-16-14(18-13)10(2)15-3/h5-8,10,15H,1-4H3. The zero-order valence-electron chi connectivity index (χ0n) is 11.2. The van der Waals surface area contributed by atoms with Gasteiger partial charge in [0.1, 0.15) is 5.75 Å². The first kappa shape index (κ1) is 12.6. The van der Waals surface area contributed by atoms with Crippen molar-refractivity contribution in [3.63, 3.8) is 0 Å². The van der Waals surface area contributed by atoms with E-state index in [0.717, 1.165) is 22.6 Å². The Bertz CT molecular complexity index is 534. The second-order valence-electron chi connectivity index (χ2n) is 4.28. The van der Waals surface area contributed by atoms with Gasteiger partial charge in [0.25, 0.3) is 0 Å². The Kier molecular flexibility index (Phi) is 3.67. The zero-order valence-corrected chi connectivity index (χ0v) is 11.2. The fraction of sp³-hybridized carbons (Fsp3) is 0.357. The van der Waals surface area contributed by atoms with Crippen molar-refractivity contribution in [2.45, 2.75) is 19.9 Å². The molecule has 2 aromatic rings. The van der Waals surface area contributed by atoms with Gasteiger partial charge in [0.05, 0.1) is 24.9 Å². The van der Waals surface area contributed by atoms with Gasteiger partial charge in [-0.25, -0.2) is 4.98 Å². The van der Waals surface area contributed by atoms with Crippen LogP contribution in [0.2, 0.25) is 0 Å². The molecule has 0 radical (unpaired) electrons. The van der Waals surface area contributed by atoms with Crippen LogP contribution in [0.25, 0.3) is 11.3 Å². The lowest BCUT2D eigenvalue weighted by molar-refractivity contribution is 0.410. The van der Waals surface area contributed by atoms with E-state index in [9.17, 15) is 0 Å². The minimum Gasteiger partial charge on any atom is -0.496 e. The van der Waals surface area contributed by atoms with Gasteiger partial charge in [0, 0.05) is 0 Å². The molecule has 0 aliphatic rings. The van der Waals surface area contributed by atoms with E-state index in [1.807, 2.05) is 39.1 Å². The number of methoxy groups -OCH3 is 1. The van der Waals surface area contributed by atoms with Crippen molar-refractivity contribution in [1.82, 2.24) is 10.3 Å². The van der Waals surface area contributed by atoms with E-state index in [1.54, 1.807) is 13.3 Å². The molecule has 0 spiro atoms. The van der Waals surface area contributed by atoms with Crippen LogP contribution in [-0.4, -0.2) is 19.1 Å². The average Bonchev–Trinajstić information content (AvgIpc) is 2.87. The number of ether oxygens (including phenoxy) is 1. The Balaban J connectivity index is 2.42. The number of aryl methyl sites for hydroxylation is 1. The molecular formula is C14H18N2O2. The fourth-order valence-electron chi connectivity index (χ4n) is 1.75. The normalized spacial score (nSPS) is 12.4. The molecule has 0 saturated carbocycles. The van der Waals surface area contributed by atoms with Crippen molar-refractivity contribution in [3.8, 4) is 17.1 Å². The SMILES string of the molecule is CNC(C)c1ncc(-c2cc(C)ccc2OC)o1. The zero-order chi connectivity index (χ0) is 13.1. The lowest BCUT2D eigenvalue weighted by Gasteiger charge is -2.07. The van der Waals surface area contributed by atoms with E-state index < -0.39 is 0 Å². The monoisotopic (exact) mass is 246 g/mol. The van der Waals surface area contributed by atoms with E-state index in [4.69, 9.17) is 9.15 Å². The van der Waals surface area contributed by atoms with E-state index in [0.29, 0.717) is 5.89 Å². The highest BCUT2D eigenvalue weighted by molar-refractivity contribution is 5.66. The molecule has 0 fully saturated rings. The van der Waals surface area contributed by atoms with Crippen molar-refractivity contribution in [1.29, 1.82) is 0 Å². The summed E-state index contributed by atoms with van der Waals surface area (Å²) in [6, 6.07) is 6.08. The van der Waals surface area contributed by atoms with Crippen LogP contribution in [0.1, 0.15) is 24.4 Å². The minimum absolute atomic E-state index is 0.0922. The van der Waals surface area contributed by atoms with Gasteiger partial charge in [-0.05, 0) is 33.0 Å². The second-order valence-corrected chi connectivity index (χ2v) is 4.28. The lowest BCUT2D eigenvalue weighted by Crippen LogP contribution is -2.12. The first-order chi connectivity index (χ1) is 8.65. The molecule has 4 nitrogen and oxygen atoms in total. The first-order valence-electron chi connectivity index (χ1n) is 5.93. The summed E-state index contributed by atoms with van der Waals surface area (Å²) < 4.78 is 11.1. The Morgan fingerprint density at radius 2 is 2.17 bits per heavy atom. The number of nitrogens with zero attached hydrogens (tertiary/aromatic N) is 1. The first-order valence-corrected chi connectivity index (χ1v) is 5.93. The highest BCUT2D eigenvalue weighted by atomic mass is 16.5. The molecule has 18 heavy (non-hydrogen) atoms. The van der Waals surface area contributed by atoms with Crippen LogP contribution in [0.4, 0.5) is 0 Å². The molecule has 1 N–H and O–H groups in total. The van der Waals surface area contributed by atoms with Crippen molar-refractivity contribution in [2.75, 3.05) is 14.2 Å².